The molecule has 0 radical (unpaired) electrons. The summed E-state index contributed by atoms with van der Waals surface area (Å²) < 4.78 is 6.17. The van der Waals surface area contributed by atoms with E-state index in [0.29, 0.717) is 0 Å². The fourth-order valence-electron chi connectivity index (χ4n) is 1.40. The van der Waals surface area contributed by atoms with Gasteiger partial charge in [-0.15, -0.1) is 0 Å². The molecule has 1 aromatic carbocycles. The van der Waals surface area contributed by atoms with E-state index in [4.69, 9.17) is 22.1 Å². The minimum atomic E-state index is 0.0470. The zero-order chi connectivity index (χ0) is 11.3. The lowest BCUT2D eigenvalue weighted by molar-refractivity contribution is 0.190. The maximum Gasteiger partial charge on any atom is 0.0462 e. The van der Waals surface area contributed by atoms with Crippen molar-refractivity contribution in [3.8, 4) is 0 Å². The van der Waals surface area contributed by atoms with Gasteiger partial charge in [-0.25, -0.2) is 0 Å². The van der Waals surface area contributed by atoms with Crippen molar-refractivity contribution < 1.29 is 4.74 Å². The topological polar surface area (TPSA) is 35.2 Å². The van der Waals surface area contributed by atoms with Gasteiger partial charge in [-0.1, -0.05) is 11.6 Å². The Morgan fingerprint density at radius 2 is 2.27 bits per heavy atom. The minimum absolute atomic E-state index is 0.0470. The molecule has 0 spiro atoms. The molecule has 2 nitrogen and oxygen atoms in total. The van der Waals surface area contributed by atoms with Crippen LogP contribution in [-0.2, 0) is 4.74 Å². The summed E-state index contributed by atoms with van der Waals surface area (Å²) in [5.74, 6) is 0. The third-order valence-corrected chi connectivity index (χ3v) is 3.44. The maximum atomic E-state index is 6.09. The van der Waals surface area contributed by atoms with E-state index in [-0.39, 0.29) is 6.04 Å². The van der Waals surface area contributed by atoms with Crippen LogP contribution in [0.3, 0.4) is 0 Å². The van der Waals surface area contributed by atoms with Gasteiger partial charge in [-0.3, -0.25) is 0 Å². The van der Waals surface area contributed by atoms with E-state index >= 15 is 0 Å². The second-order valence-corrected chi connectivity index (χ2v) is 5.01. The van der Waals surface area contributed by atoms with Crippen molar-refractivity contribution in [2.75, 3.05) is 13.7 Å². The lowest BCUT2D eigenvalue weighted by Gasteiger charge is -2.13. The first-order valence-electron chi connectivity index (χ1n) is 4.84. The lowest BCUT2D eigenvalue weighted by atomic mass is 10.0. The van der Waals surface area contributed by atoms with E-state index in [9.17, 15) is 0 Å². The molecule has 0 amide bonds. The summed E-state index contributed by atoms with van der Waals surface area (Å²) in [6, 6.07) is 5.87. The van der Waals surface area contributed by atoms with Gasteiger partial charge in [-0.2, -0.15) is 0 Å². The molecule has 0 heterocycles. The van der Waals surface area contributed by atoms with E-state index in [2.05, 4.69) is 22.6 Å². The van der Waals surface area contributed by atoms with Crippen molar-refractivity contribution >= 4 is 34.2 Å². The summed E-state index contributed by atoms with van der Waals surface area (Å²) in [5.41, 5.74) is 7.21. The molecule has 1 atom stereocenters. The highest BCUT2D eigenvalue weighted by Gasteiger charge is 2.09. The van der Waals surface area contributed by atoms with E-state index in [0.717, 1.165) is 30.0 Å². The van der Waals surface area contributed by atoms with E-state index in [1.807, 2.05) is 18.2 Å². The summed E-state index contributed by atoms with van der Waals surface area (Å²) in [5, 5.41) is 0.743. The third kappa shape index (κ3) is 4.26. The van der Waals surface area contributed by atoms with E-state index < -0.39 is 0 Å². The second-order valence-electron chi connectivity index (χ2n) is 3.41. The van der Waals surface area contributed by atoms with Crippen LogP contribution >= 0.6 is 34.2 Å². The van der Waals surface area contributed by atoms with Gasteiger partial charge in [0.05, 0.1) is 0 Å². The van der Waals surface area contributed by atoms with Gasteiger partial charge in [0.2, 0.25) is 0 Å². The number of nitrogens with two attached hydrogens (primary N) is 1. The predicted molar refractivity (Wildman–Crippen MR) is 72.2 cm³/mol. The minimum Gasteiger partial charge on any atom is -0.385 e. The van der Waals surface area contributed by atoms with Gasteiger partial charge in [0.25, 0.3) is 0 Å². The van der Waals surface area contributed by atoms with Crippen molar-refractivity contribution in [3.05, 3.63) is 32.4 Å². The largest absolute Gasteiger partial charge is 0.385 e. The van der Waals surface area contributed by atoms with Gasteiger partial charge in [0.1, 0.15) is 0 Å². The first kappa shape index (κ1) is 13.2. The summed E-state index contributed by atoms with van der Waals surface area (Å²) in [6.45, 7) is 0.755. The number of hydrogen-bond donors (Lipinski definition) is 1. The fourth-order valence-corrected chi connectivity index (χ4v) is 2.32. The standard InChI is InChI=1S/C11H15ClINO/c1-15-6-2-3-11(14)9-7-8(12)4-5-10(9)13/h4-5,7,11H,2-3,6,14H2,1H3. The van der Waals surface area contributed by atoms with Gasteiger partial charge in [0, 0.05) is 28.4 Å². The number of methoxy groups -OCH3 is 1. The normalized spacial score (nSPS) is 12.8. The van der Waals surface area contributed by atoms with Gasteiger partial charge >= 0.3 is 0 Å². The highest BCUT2D eigenvalue weighted by atomic mass is 127. The Bertz CT molecular complexity index is 319. The van der Waals surface area contributed by atoms with Crippen molar-refractivity contribution in [2.24, 2.45) is 5.73 Å². The maximum absolute atomic E-state index is 6.09. The van der Waals surface area contributed by atoms with Crippen LogP contribution in [0, 0.1) is 3.57 Å². The van der Waals surface area contributed by atoms with Crippen molar-refractivity contribution in [2.45, 2.75) is 18.9 Å². The second kappa shape index (κ2) is 6.68. The Labute approximate surface area is 109 Å². The smallest absolute Gasteiger partial charge is 0.0462 e. The predicted octanol–water partition coefficient (Wildman–Crippen LogP) is 3.37. The Balaban J connectivity index is 2.64. The molecule has 1 aromatic rings. The zero-order valence-electron chi connectivity index (χ0n) is 8.67. The van der Waals surface area contributed by atoms with Gasteiger partial charge in [-0.05, 0) is 59.2 Å². The first-order valence-corrected chi connectivity index (χ1v) is 6.30. The summed E-state index contributed by atoms with van der Waals surface area (Å²) >= 11 is 8.22. The molecule has 0 aromatic heterocycles. The molecular formula is C11H15ClINO. The Hall–Kier alpha value is 0.160. The summed E-state index contributed by atoms with van der Waals surface area (Å²) in [4.78, 5) is 0. The third-order valence-electron chi connectivity index (χ3n) is 2.22. The van der Waals surface area contributed by atoms with Gasteiger partial charge < -0.3 is 10.5 Å². The average Bonchev–Trinajstić information content (AvgIpc) is 2.22. The van der Waals surface area contributed by atoms with Crippen LogP contribution in [0.2, 0.25) is 5.02 Å². The molecule has 2 N–H and O–H groups in total. The Kier molecular flexibility index (Phi) is 5.89. The molecule has 1 unspecified atom stereocenters. The van der Waals surface area contributed by atoms with Crippen molar-refractivity contribution in [1.29, 1.82) is 0 Å². The molecule has 4 heteroatoms. The van der Waals surface area contributed by atoms with Gasteiger partial charge in [0.15, 0.2) is 0 Å². The molecule has 0 aliphatic heterocycles. The van der Waals surface area contributed by atoms with Crippen LogP contribution in [0.1, 0.15) is 24.4 Å². The summed E-state index contributed by atoms with van der Waals surface area (Å²) in [6.07, 6.45) is 1.89. The monoisotopic (exact) mass is 339 g/mol. The molecule has 0 saturated heterocycles. The van der Waals surface area contributed by atoms with Crippen molar-refractivity contribution in [1.82, 2.24) is 0 Å². The molecule has 84 valence electrons. The Morgan fingerprint density at radius 3 is 2.93 bits per heavy atom. The quantitative estimate of drug-likeness (QED) is 0.659. The summed E-state index contributed by atoms with van der Waals surface area (Å²) in [7, 11) is 1.70. The molecule has 0 aliphatic carbocycles. The first-order chi connectivity index (χ1) is 7.15. The van der Waals surface area contributed by atoms with E-state index in [1.54, 1.807) is 7.11 Å². The van der Waals surface area contributed by atoms with Crippen LogP contribution in [0.15, 0.2) is 18.2 Å². The number of benzene rings is 1. The fraction of sp³-hybridized carbons (Fsp3) is 0.455. The highest BCUT2D eigenvalue weighted by Crippen LogP contribution is 2.25. The lowest BCUT2D eigenvalue weighted by Crippen LogP contribution is -2.12. The van der Waals surface area contributed by atoms with Crippen LogP contribution < -0.4 is 5.73 Å². The Morgan fingerprint density at radius 1 is 1.53 bits per heavy atom. The van der Waals surface area contributed by atoms with Crippen LogP contribution in [0.5, 0.6) is 0 Å². The average molecular weight is 340 g/mol. The zero-order valence-corrected chi connectivity index (χ0v) is 11.6. The van der Waals surface area contributed by atoms with Crippen LogP contribution in [0.25, 0.3) is 0 Å². The van der Waals surface area contributed by atoms with Crippen LogP contribution in [-0.4, -0.2) is 13.7 Å². The number of rotatable bonds is 5. The number of ether oxygens (including phenoxy) is 1. The molecular weight excluding hydrogens is 324 g/mol. The number of hydrogen-bond acceptors (Lipinski definition) is 2. The molecule has 0 aliphatic rings. The molecule has 0 saturated carbocycles. The highest BCUT2D eigenvalue weighted by molar-refractivity contribution is 14.1. The SMILES string of the molecule is COCCCC(N)c1cc(Cl)ccc1I. The molecule has 1 rings (SSSR count). The molecule has 0 bridgehead atoms. The molecule has 0 fully saturated rings. The van der Waals surface area contributed by atoms with Crippen molar-refractivity contribution in [3.63, 3.8) is 0 Å². The van der Waals surface area contributed by atoms with Crippen LogP contribution in [0.4, 0.5) is 0 Å². The van der Waals surface area contributed by atoms with E-state index in [1.165, 1.54) is 3.57 Å². The number of halogens is 2. The molecule has 15 heavy (non-hydrogen) atoms.